The van der Waals surface area contributed by atoms with Crippen LogP contribution in [0, 0.1) is 5.92 Å². The molecule has 1 aliphatic rings. The van der Waals surface area contributed by atoms with Crippen molar-refractivity contribution in [3.8, 4) is 0 Å². The smallest absolute Gasteiger partial charge is 0.335 e. The van der Waals surface area contributed by atoms with Gasteiger partial charge in [0.1, 0.15) is 0 Å². The van der Waals surface area contributed by atoms with Crippen molar-refractivity contribution >= 4 is 11.9 Å². The second-order valence-electron chi connectivity index (χ2n) is 4.91. The second kappa shape index (κ2) is 5.21. The summed E-state index contributed by atoms with van der Waals surface area (Å²) in [6.07, 6.45) is 1.43. The van der Waals surface area contributed by atoms with Crippen LogP contribution in [0.25, 0.3) is 0 Å². The fraction of sp³-hybridized carbons (Fsp3) is 0.429. The van der Waals surface area contributed by atoms with Crippen molar-refractivity contribution in [1.29, 1.82) is 0 Å². The van der Waals surface area contributed by atoms with Gasteiger partial charge >= 0.3 is 5.97 Å². The number of likely N-dealkylation sites (tertiary alicyclic amines) is 1. The van der Waals surface area contributed by atoms with Crippen LogP contribution in [0.5, 0.6) is 0 Å². The number of nitrogens with zero attached hydrogens (tertiary/aromatic N) is 1. The van der Waals surface area contributed by atoms with Crippen molar-refractivity contribution in [2.45, 2.75) is 19.8 Å². The van der Waals surface area contributed by atoms with Crippen molar-refractivity contribution in [2.75, 3.05) is 13.1 Å². The lowest BCUT2D eigenvalue weighted by Crippen LogP contribution is -2.29. The predicted octanol–water partition coefficient (Wildman–Crippen LogP) is 1.80. The first-order valence-corrected chi connectivity index (χ1v) is 6.16. The SMILES string of the molecule is CC1CCN(C(=O)Cc2ccc(C(=O)O)cc2)C1. The van der Waals surface area contributed by atoms with E-state index in [0.717, 1.165) is 25.1 Å². The highest BCUT2D eigenvalue weighted by atomic mass is 16.4. The van der Waals surface area contributed by atoms with E-state index in [4.69, 9.17) is 5.11 Å². The first kappa shape index (κ1) is 12.6. The number of carboxylic acids is 1. The number of rotatable bonds is 3. The third-order valence-corrected chi connectivity index (χ3v) is 3.33. The summed E-state index contributed by atoms with van der Waals surface area (Å²) < 4.78 is 0. The Morgan fingerprint density at radius 2 is 2.00 bits per heavy atom. The fourth-order valence-corrected chi connectivity index (χ4v) is 2.21. The first-order chi connectivity index (χ1) is 8.56. The van der Waals surface area contributed by atoms with Crippen molar-refractivity contribution in [3.05, 3.63) is 35.4 Å². The average Bonchev–Trinajstić information content (AvgIpc) is 2.76. The van der Waals surface area contributed by atoms with Crippen LogP contribution >= 0.6 is 0 Å². The van der Waals surface area contributed by atoms with Crippen LogP contribution in [0.1, 0.15) is 29.3 Å². The standard InChI is InChI=1S/C14H17NO3/c1-10-6-7-15(9-10)13(16)8-11-2-4-12(5-3-11)14(17)18/h2-5,10H,6-9H2,1H3,(H,17,18). The molecule has 18 heavy (non-hydrogen) atoms. The maximum Gasteiger partial charge on any atom is 0.335 e. The molecule has 1 N–H and O–H groups in total. The number of carbonyl (C=O) groups is 2. The summed E-state index contributed by atoms with van der Waals surface area (Å²) in [5, 5.41) is 8.78. The minimum atomic E-state index is -0.943. The number of benzene rings is 1. The summed E-state index contributed by atoms with van der Waals surface area (Å²) in [6.45, 7) is 3.83. The van der Waals surface area contributed by atoms with Crippen molar-refractivity contribution < 1.29 is 14.7 Å². The van der Waals surface area contributed by atoms with Crippen LogP contribution in [0.4, 0.5) is 0 Å². The molecule has 0 aromatic heterocycles. The van der Waals surface area contributed by atoms with E-state index >= 15 is 0 Å². The summed E-state index contributed by atoms with van der Waals surface area (Å²) in [4.78, 5) is 24.6. The summed E-state index contributed by atoms with van der Waals surface area (Å²) in [7, 11) is 0. The fourth-order valence-electron chi connectivity index (χ4n) is 2.21. The Bertz CT molecular complexity index is 453. The molecule has 96 valence electrons. The Labute approximate surface area is 106 Å². The van der Waals surface area contributed by atoms with E-state index in [2.05, 4.69) is 6.92 Å². The maximum absolute atomic E-state index is 12.0. The largest absolute Gasteiger partial charge is 0.478 e. The molecule has 0 saturated carbocycles. The van der Waals surface area contributed by atoms with Gasteiger partial charge in [-0.2, -0.15) is 0 Å². The molecule has 2 rings (SSSR count). The van der Waals surface area contributed by atoms with Gasteiger partial charge in [-0.25, -0.2) is 4.79 Å². The van der Waals surface area contributed by atoms with E-state index in [1.54, 1.807) is 12.1 Å². The Balaban J connectivity index is 1.97. The summed E-state index contributed by atoms with van der Waals surface area (Å²) in [5.74, 6) is -0.230. The monoisotopic (exact) mass is 247 g/mol. The minimum Gasteiger partial charge on any atom is -0.478 e. The lowest BCUT2D eigenvalue weighted by Gasteiger charge is -2.15. The van der Waals surface area contributed by atoms with Gasteiger partial charge < -0.3 is 10.0 Å². The third kappa shape index (κ3) is 2.88. The average molecular weight is 247 g/mol. The van der Waals surface area contributed by atoms with Crippen molar-refractivity contribution in [1.82, 2.24) is 4.90 Å². The number of amides is 1. The van der Waals surface area contributed by atoms with Gasteiger partial charge in [-0.15, -0.1) is 0 Å². The molecule has 1 aromatic rings. The zero-order chi connectivity index (χ0) is 13.1. The van der Waals surface area contributed by atoms with Crippen LogP contribution in [-0.4, -0.2) is 35.0 Å². The molecule has 1 aromatic carbocycles. The van der Waals surface area contributed by atoms with Gasteiger partial charge in [-0.1, -0.05) is 19.1 Å². The first-order valence-electron chi connectivity index (χ1n) is 6.16. The quantitative estimate of drug-likeness (QED) is 0.886. The predicted molar refractivity (Wildman–Crippen MR) is 67.5 cm³/mol. The number of carboxylic acid groups (broad SMARTS) is 1. The molecule has 4 heteroatoms. The van der Waals surface area contributed by atoms with Crippen molar-refractivity contribution in [2.24, 2.45) is 5.92 Å². The molecule has 1 saturated heterocycles. The second-order valence-corrected chi connectivity index (χ2v) is 4.91. The number of hydrogen-bond acceptors (Lipinski definition) is 2. The number of hydrogen-bond donors (Lipinski definition) is 1. The topological polar surface area (TPSA) is 57.6 Å². The van der Waals surface area contributed by atoms with Gasteiger partial charge in [0, 0.05) is 13.1 Å². The molecule has 0 aliphatic carbocycles. The van der Waals surface area contributed by atoms with Gasteiger partial charge in [-0.05, 0) is 30.0 Å². The Kier molecular flexibility index (Phi) is 3.65. The zero-order valence-electron chi connectivity index (χ0n) is 10.4. The molecule has 0 bridgehead atoms. The molecule has 0 spiro atoms. The van der Waals surface area contributed by atoms with E-state index in [1.807, 2.05) is 4.90 Å². The summed E-state index contributed by atoms with van der Waals surface area (Å²) >= 11 is 0. The van der Waals surface area contributed by atoms with E-state index in [0.29, 0.717) is 12.3 Å². The molecule has 1 heterocycles. The Hall–Kier alpha value is -1.84. The molecule has 1 fully saturated rings. The molecule has 4 nitrogen and oxygen atoms in total. The molecular weight excluding hydrogens is 230 g/mol. The van der Waals surface area contributed by atoms with Crippen molar-refractivity contribution in [3.63, 3.8) is 0 Å². The van der Waals surface area contributed by atoms with Gasteiger partial charge in [0.2, 0.25) is 5.91 Å². The number of aromatic carboxylic acids is 1. The Morgan fingerprint density at radius 1 is 1.33 bits per heavy atom. The van der Waals surface area contributed by atoms with E-state index in [1.165, 1.54) is 12.1 Å². The van der Waals surface area contributed by atoms with Crippen LogP contribution in [-0.2, 0) is 11.2 Å². The van der Waals surface area contributed by atoms with Crippen LogP contribution in [0.3, 0.4) is 0 Å². The van der Waals surface area contributed by atoms with Gasteiger partial charge in [0.25, 0.3) is 0 Å². The Morgan fingerprint density at radius 3 is 2.50 bits per heavy atom. The van der Waals surface area contributed by atoms with Crippen LogP contribution < -0.4 is 0 Å². The van der Waals surface area contributed by atoms with Crippen LogP contribution in [0.2, 0.25) is 0 Å². The molecule has 1 amide bonds. The molecule has 0 radical (unpaired) electrons. The lowest BCUT2D eigenvalue weighted by atomic mass is 10.1. The summed E-state index contributed by atoms with van der Waals surface area (Å²) in [6, 6.07) is 6.50. The van der Waals surface area contributed by atoms with Gasteiger partial charge in [0.15, 0.2) is 0 Å². The highest BCUT2D eigenvalue weighted by Gasteiger charge is 2.22. The third-order valence-electron chi connectivity index (χ3n) is 3.33. The normalized spacial score (nSPS) is 18.9. The molecule has 1 unspecified atom stereocenters. The zero-order valence-corrected chi connectivity index (χ0v) is 10.4. The highest BCUT2D eigenvalue weighted by molar-refractivity contribution is 5.87. The number of carbonyl (C=O) groups excluding carboxylic acids is 1. The van der Waals surface area contributed by atoms with Gasteiger partial charge in [-0.3, -0.25) is 4.79 Å². The van der Waals surface area contributed by atoms with Crippen LogP contribution in [0.15, 0.2) is 24.3 Å². The van der Waals surface area contributed by atoms with E-state index in [-0.39, 0.29) is 11.5 Å². The molecular formula is C14H17NO3. The van der Waals surface area contributed by atoms with E-state index < -0.39 is 5.97 Å². The molecule has 1 aliphatic heterocycles. The van der Waals surface area contributed by atoms with E-state index in [9.17, 15) is 9.59 Å². The maximum atomic E-state index is 12.0. The summed E-state index contributed by atoms with van der Waals surface area (Å²) in [5.41, 5.74) is 1.12. The minimum absolute atomic E-state index is 0.127. The lowest BCUT2D eigenvalue weighted by molar-refractivity contribution is -0.129. The molecule has 1 atom stereocenters. The highest BCUT2D eigenvalue weighted by Crippen LogP contribution is 2.16. The van der Waals surface area contributed by atoms with Gasteiger partial charge in [0.05, 0.1) is 12.0 Å².